The van der Waals surface area contributed by atoms with E-state index in [0.717, 1.165) is 19.3 Å². The summed E-state index contributed by atoms with van der Waals surface area (Å²) in [5.74, 6) is -1.63. The van der Waals surface area contributed by atoms with E-state index in [9.17, 15) is 19.7 Å². The van der Waals surface area contributed by atoms with E-state index >= 15 is 0 Å². The molecular formula is C7H7NO6. The Balaban J connectivity index is 3.93. The summed E-state index contributed by atoms with van der Waals surface area (Å²) in [4.78, 5) is 30.0. The van der Waals surface area contributed by atoms with E-state index in [1.54, 1.807) is 0 Å². The van der Waals surface area contributed by atoms with Gasteiger partial charge in [-0.15, -0.1) is 0 Å². The first-order valence-electron chi connectivity index (χ1n) is 3.33. The van der Waals surface area contributed by atoms with Gasteiger partial charge in [0.1, 0.15) is 0 Å². The van der Waals surface area contributed by atoms with Crippen molar-refractivity contribution >= 4 is 11.9 Å². The van der Waals surface area contributed by atoms with Crippen LogP contribution in [-0.4, -0.2) is 24.0 Å². The van der Waals surface area contributed by atoms with Crippen LogP contribution >= 0.6 is 0 Å². The molecule has 0 spiro atoms. The molecule has 0 unspecified atom stereocenters. The third kappa shape index (κ3) is 6.53. The number of nitrogens with zero attached hydrogens (tertiary/aromatic N) is 1. The van der Waals surface area contributed by atoms with Crippen molar-refractivity contribution in [2.24, 2.45) is 0 Å². The third-order valence-electron chi connectivity index (χ3n) is 0.923. The van der Waals surface area contributed by atoms with Gasteiger partial charge in [-0.1, -0.05) is 0 Å². The molecule has 0 aromatic heterocycles. The molecule has 0 aliphatic heterocycles. The number of rotatable bonds is 4. The Kier molecular flexibility index (Phi) is 5.36. The van der Waals surface area contributed by atoms with Crippen LogP contribution in [0.3, 0.4) is 0 Å². The van der Waals surface area contributed by atoms with E-state index in [-0.39, 0.29) is 0 Å². The van der Waals surface area contributed by atoms with Crippen LogP contribution in [0.4, 0.5) is 0 Å². The van der Waals surface area contributed by atoms with Crippen molar-refractivity contribution < 1.29 is 24.0 Å². The van der Waals surface area contributed by atoms with Crippen molar-refractivity contribution in [2.45, 2.75) is 0 Å². The number of esters is 2. The predicted octanol–water partition coefficient (Wildman–Crippen LogP) is 0.00670. The van der Waals surface area contributed by atoms with Gasteiger partial charge in [-0.3, -0.25) is 10.1 Å². The molecule has 0 fully saturated rings. The number of hydrogen-bond donors (Lipinski definition) is 0. The molecule has 0 atom stereocenters. The van der Waals surface area contributed by atoms with Crippen LogP contribution in [0.1, 0.15) is 0 Å². The first-order valence-corrected chi connectivity index (χ1v) is 3.33. The Labute approximate surface area is 78.8 Å². The monoisotopic (exact) mass is 201 g/mol. The maximum Gasteiger partial charge on any atom is 0.336 e. The zero-order valence-corrected chi connectivity index (χ0v) is 7.21. The second-order valence-corrected chi connectivity index (χ2v) is 1.86. The lowest BCUT2D eigenvalue weighted by atomic mass is 10.5. The fourth-order valence-electron chi connectivity index (χ4n) is 0.391. The number of methoxy groups -OCH3 is 1. The topological polar surface area (TPSA) is 95.7 Å². The summed E-state index contributed by atoms with van der Waals surface area (Å²) in [7, 11) is 1.14. The highest BCUT2D eigenvalue weighted by Gasteiger charge is 1.97. The zero-order valence-electron chi connectivity index (χ0n) is 7.21. The van der Waals surface area contributed by atoms with Crippen LogP contribution < -0.4 is 0 Å². The molecule has 7 heteroatoms. The highest BCUT2D eigenvalue weighted by atomic mass is 16.6. The van der Waals surface area contributed by atoms with E-state index in [2.05, 4.69) is 9.47 Å². The van der Waals surface area contributed by atoms with Gasteiger partial charge in [-0.2, -0.15) is 0 Å². The lowest BCUT2D eigenvalue weighted by Crippen LogP contribution is -1.99. The molecule has 0 saturated heterocycles. The fourth-order valence-corrected chi connectivity index (χ4v) is 0.391. The Hall–Kier alpha value is -2.18. The van der Waals surface area contributed by atoms with E-state index in [4.69, 9.17) is 0 Å². The molecule has 14 heavy (non-hydrogen) atoms. The normalized spacial score (nSPS) is 10.4. The smallest absolute Gasteiger partial charge is 0.336 e. The maximum atomic E-state index is 10.7. The Bertz CT molecular complexity index is 293. The number of hydrogen-bond acceptors (Lipinski definition) is 6. The average Bonchev–Trinajstić information content (AvgIpc) is 2.13. The number of ether oxygens (including phenoxy) is 2. The Morgan fingerprint density at radius 3 is 2.36 bits per heavy atom. The summed E-state index contributed by atoms with van der Waals surface area (Å²) in [6, 6.07) is 0. The zero-order chi connectivity index (χ0) is 11.0. The van der Waals surface area contributed by atoms with Gasteiger partial charge in [-0.05, 0) is 0 Å². The molecular weight excluding hydrogens is 194 g/mol. The molecule has 0 saturated carbocycles. The van der Waals surface area contributed by atoms with Crippen LogP contribution in [0, 0.1) is 10.1 Å². The highest BCUT2D eigenvalue weighted by Crippen LogP contribution is 1.85. The van der Waals surface area contributed by atoms with Gasteiger partial charge in [0.25, 0.3) is 6.20 Å². The van der Waals surface area contributed by atoms with Crippen molar-refractivity contribution in [3.8, 4) is 0 Å². The minimum atomic E-state index is -0.909. The van der Waals surface area contributed by atoms with Crippen LogP contribution in [-0.2, 0) is 19.1 Å². The molecule has 0 aromatic carbocycles. The van der Waals surface area contributed by atoms with E-state index in [1.165, 1.54) is 0 Å². The number of carbonyl (C=O) groups excluding carboxylic acids is 2. The second kappa shape index (κ2) is 6.35. The van der Waals surface area contributed by atoms with Crippen molar-refractivity contribution in [1.82, 2.24) is 0 Å². The van der Waals surface area contributed by atoms with Crippen LogP contribution in [0.15, 0.2) is 24.6 Å². The standard InChI is InChI=1S/C7H7NO6/c1-13-6(9)2-3-7(10)14-5-4-8(11)12/h2-5H,1H3/b3-2+,5-4+. The van der Waals surface area contributed by atoms with Gasteiger partial charge >= 0.3 is 11.9 Å². The number of carbonyl (C=O) groups is 2. The van der Waals surface area contributed by atoms with Gasteiger partial charge in [0.15, 0.2) is 6.26 Å². The van der Waals surface area contributed by atoms with Crippen molar-refractivity contribution in [2.75, 3.05) is 7.11 Å². The Morgan fingerprint density at radius 2 is 1.86 bits per heavy atom. The summed E-state index contributed by atoms with van der Waals surface area (Å²) >= 11 is 0. The molecule has 0 rings (SSSR count). The lowest BCUT2D eigenvalue weighted by molar-refractivity contribution is -0.403. The molecule has 0 radical (unpaired) electrons. The average molecular weight is 201 g/mol. The fraction of sp³-hybridized carbons (Fsp3) is 0.143. The highest BCUT2D eigenvalue weighted by molar-refractivity contribution is 5.91. The molecule has 7 nitrogen and oxygen atoms in total. The van der Waals surface area contributed by atoms with Crippen LogP contribution in [0.5, 0.6) is 0 Å². The van der Waals surface area contributed by atoms with E-state index < -0.39 is 16.9 Å². The molecule has 76 valence electrons. The number of nitro groups is 1. The SMILES string of the molecule is COC(=O)/C=C/C(=O)O/C=C/[N+](=O)[O-]. The summed E-state index contributed by atoms with van der Waals surface area (Å²) in [5.41, 5.74) is 0. The van der Waals surface area contributed by atoms with Crippen molar-refractivity contribution in [3.63, 3.8) is 0 Å². The van der Waals surface area contributed by atoms with Gasteiger partial charge < -0.3 is 9.47 Å². The van der Waals surface area contributed by atoms with Gasteiger partial charge in [0.05, 0.1) is 12.0 Å². The summed E-state index contributed by atoms with van der Waals surface area (Å²) < 4.78 is 8.38. The second-order valence-electron chi connectivity index (χ2n) is 1.86. The molecule has 0 bridgehead atoms. The van der Waals surface area contributed by atoms with Crippen LogP contribution in [0.2, 0.25) is 0 Å². The minimum absolute atomic E-state index is 0.448. The summed E-state index contributed by atoms with van der Waals surface area (Å²) in [6.45, 7) is 0. The quantitative estimate of drug-likeness (QED) is 0.209. The summed E-state index contributed by atoms with van der Waals surface area (Å²) in [6.07, 6.45) is 2.67. The summed E-state index contributed by atoms with van der Waals surface area (Å²) in [5, 5.41) is 9.73. The third-order valence-corrected chi connectivity index (χ3v) is 0.923. The van der Waals surface area contributed by atoms with Gasteiger partial charge in [0.2, 0.25) is 0 Å². The maximum absolute atomic E-state index is 10.7. The van der Waals surface area contributed by atoms with E-state index in [0.29, 0.717) is 12.5 Å². The first-order chi connectivity index (χ1) is 6.56. The largest absolute Gasteiger partial charge is 0.466 e. The molecule has 0 N–H and O–H groups in total. The molecule has 0 heterocycles. The Morgan fingerprint density at radius 1 is 1.29 bits per heavy atom. The van der Waals surface area contributed by atoms with Gasteiger partial charge in [-0.25, -0.2) is 9.59 Å². The van der Waals surface area contributed by atoms with Crippen LogP contribution in [0.25, 0.3) is 0 Å². The molecule has 0 amide bonds. The van der Waals surface area contributed by atoms with Crippen molar-refractivity contribution in [1.29, 1.82) is 0 Å². The van der Waals surface area contributed by atoms with Crippen molar-refractivity contribution in [3.05, 3.63) is 34.7 Å². The molecule has 0 aromatic rings. The first kappa shape index (κ1) is 11.8. The van der Waals surface area contributed by atoms with Gasteiger partial charge in [0, 0.05) is 12.2 Å². The lowest BCUT2D eigenvalue weighted by Gasteiger charge is -1.90. The predicted molar refractivity (Wildman–Crippen MR) is 43.4 cm³/mol. The van der Waals surface area contributed by atoms with E-state index in [1.807, 2.05) is 0 Å². The molecule has 0 aliphatic carbocycles. The molecule has 0 aliphatic rings. The minimum Gasteiger partial charge on any atom is -0.466 e.